The first-order valence-corrected chi connectivity index (χ1v) is 12.1. The Balaban J connectivity index is 1.67. The summed E-state index contributed by atoms with van der Waals surface area (Å²) in [6, 6.07) is 10.9. The molecule has 3 heterocycles. The molecule has 0 saturated carbocycles. The number of rotatable bonds is 9. The number of pyridine rings is 2. The number of aromatic amines is 1. The van der Waals surface area contributed by atoms with Crippen molar-refractivity contribution in [1.29, 1.82) is 0 Å². The van der Waals surface area contributed by atoms with Crippen LogP contribution >= 0.6 is 0 Å². The summed E-state index contributed by atoms with van der Waals surface area (Å²) in [5.41, 5.74) is 12.8. The molecule has 188 valence electrons. The molecule has 0 saturated heterocycles. The van der Waals surface area contributed by atoms with Gasteiger partial charge in [-0.1, -0.05) is 45.2 Å². The van der Waals surface area contributed by atoms with Crippen molar-refractivity contribution in [2.75, 3.05) is 11.1 Å². The fourth-order valence-corrected chi connectivity index (χ4v) is 3.99. The quantitative estimate of drug-likeness (QED) is 0.178. The number of aromatic nitrogens is 4. The maximum Gasteiger partial charge on any atom is 0.136 e. The molecular formula is C30H31FN6. The first kappa shape index (κ1) is 25.6. The second-order valence-electron chi connectivity index (χ2n) is 9.13. The van der Waals surface area contributed by atoms with E-state index in [9.17, 15) is 0 Å². The minimum absolute atomic E-state index is 0.200. The number of hydrogen-bond donors (Lipinski definition) is 3. The molecule has 3 aromatic heterocycles. The molecule has 0 fully saturated rings. The van der Waals surface area contributed by atoms with Crippen LogP contribution in [0.3, 0.4) is 0 Å². The molecule has 0 unspecified atom stereocenters. The van der Waals surface area contributed by atoms with E-state index < -0.39 is 5.82 Å². The van der Waals surface area contributed by atoms with Crippen LogP contribution in [-0.4, -0.2) is 19.9 Å². The van der Waals surface area contributed by atoms with E-state index in [4.69, 9.17) is 10.7 Å². The summed E-state index contributed by atoms with van der Waals surface area (Å²) in [7, 11) is 0. The van der Waals surface area contributed by atoms with Crippen molar-refractivity contribution in [3.05, 3.63) is 120 Å². The Morgan fingerprint density at radius 1 is 1.22 bits per heavy atom. The van der Waals surface area contributed by atoms with Gasteiger partial charge in [0.1, 0.15) is 11.6 Å². The number of aryl methyl sites for hydroxylation is 1. The molecule has 0 spiro atoms. The minimum Gasteiger partial charge on any atom is -0.398 e. The minimum atomic E-state index is -0.399. The Bertz CT molecular complexity index is 1470. The number of halogens is 1. The number of hydrogen-bond acceptors (Lipinski definition) is 5. The van der Waals surface area contributed by atoms with Crippen molar-refractivity contribution in [3.8, 4) is 11.1 Å². The number of allylic oxidation sites excluding steroid dienone is 3. The highest BCUT2D eigenvalue weighted by Crippen LogP contribution is 2.32. The average Bonchev–Trinajstić information content (AvgIpc) is 3.25. The predicted molar refractivity (Wildman–Crippen MR) is 149 cm³/mol. The van der Waals surface area contributed by atoms with Gasteiger partial charge < -0.3 is 16.0 Å². The van der Waals surface area contributed by atoms with Crippen molar-refractivity contribution in [3.63, 3.8) is 0 Å². The van der Waals surface area contributed by atoms with Crippen LogP contribution in [0.1, 0.15) is 42.3 Å². The number of nitrogens with zero attached hydrogens (tertiary/aromatic N) is 3. The van der Waals surface area contributed by atoms with Crippen LogP contribution in [0.4, 0.5) is 15.8 Å². The molecule has 37 heavy (non-hydrogen) atoms. The van der Waals surface area contributed by atoms with E-state index >= 15 is 4.39 Å². The number of nitrogen functional groups attached to an aromatic ring is 1. The van der Waals surface area contributed by atoms with Crippen molar-refractivity contribution in [1.82, 2.24) is 19.9 Å². The SMILES string of the molecule is C=C/C=C(/c1ccccn1)c1nc(Cc2c(N)ccc(-c3cncc(NC(=C)C(C)C)c3)c2F)[nH]c1C. The summed E-state index contributed by atoms with van der Waals surface area (Å²) in [5, 5.41) is 3.24. The number of nitrogens with one attached hydrogen (secondary N) is 2. The highest BCUT2D eigenvalue weighted by atomic mass is 19.1. The van der Waals surface area contributed by atoms with Crippen LogP contribution in [-0.2, 0) is 6.42 Å². The topological polar surface area (TPSA) is 92.5 Å². The van der Waals surface area contributed by atoms with E-state index in [0.717, 1.165) is 34.0 Å². The molecule has 0 amide bonds. The molecule has 7 heteroatoms. The van der Waals surface area contributed by atoms with E-state index in [1.807, 2.05) is 51.1 Å². The van der Waals surface area contributed by atoms with Crippen LogP contribution in [0.5, 0.6) is 0 Å². The Kier molecular flexibility index (Phi) is 7.63. The third kappa shape index (κ3) is 5.67. The van der Waals surface area contributed by atoms with Gasteiger partial charge in [-0.25, -0.2) is 9.37 Å². The molecule has 0 atom stereocenters. The summed E-state index contributed by atoms with van der Waals surface area (Å²) in [6.07, 6.45) is 8.83. The lowest BCUT2D eigenvalue weighted by Gasteiger charge is -2.14. The van der Waals surface area contributed by atoms with Gasteiger partial charge in [-0.05, 0) is 43.2 Å². The number of imidazole rings is 1. The number of nitrogens with two attached hydrogens (primary N) is 1. The standard InChI is InChI=1S/C30H31FN6/c1-6-9-24(27-10-7-8-13-34-27)30-20(5)36-28(37-30)15-25-26(32)12-11-23(29(25)31)21-14-22(17-33-16-21)35-19(4)18(2)3/h6-14,16-18,35H,1,4,15,32H2,2-3,5H3,(H,36,37)/b24-9-. The third-order valence-corrected chi connectivity index (χ3v) is 6.09. The maximum absolute atomic E-state index is 15.9. The van der Waals surface area contributed by atoms with Gasteiger partial charge in [0.25, 0.3) is 0 Å². The maximum atomic E-state index is 15.9. The zero-order valence-electron chi connectivity index (χ0n) is 21.3. The molecule has 1 aromatic carbocycles. The first-order valence-electron chi connectivity index (χ1n) is 12.1. The monoisotopic (exact) mass is 494 g/mol. The molecule has 4 rings (SSSR count). The molecule has 0 bridgehead atoms. The second kappa shape index (κ2) is 11.0. The van der Waals surface area contributed by atoms with Crippen LogP contribution in [0.25, 0.3) is 16.7 Å². The number of H-pyrrole nitrogens is 1. The van der Waals surface area contributed by atoms with Crippen LogP contribution in [0, 0.1) is 18.7 Å². The Labute approximate surface area is 216 Å². The fourth-order valence-electron chi connectivity index (χ4n) is 3.99. The molecule has 6 nitrogen and oxygen atoms in total. The molecule has 0 radical (unpaired) electrons. The molecule has 4 aromatic rings. The van der Waals surface area contributed by atoms with Crippen LogP contribution < -0.4 is 11.1 Å². The predicted octanol–water partition coefficient (Wildman–Crippen LogP) is 6.69. The van der Waals surface area contributed by atoms with E-state index in [1.54, 1.807) is 36.8 Å². The summed E-state index contributed by atoms with van der Waals surface area (Å²) in [4.78, 5) is 16.8. The van der Waals surface area contributed by atoms with Crippen molar-refractivity contribution in [2.24, 2.45) is 5.92 Å². The van der Waals surface area contributed by atoms with Gasteiger partial charge >= 0.3 is 0 Å². The van der Waals surface area contributed by atoms with Gasteiger partial charge in [-0.2, -0.15) is 0 Å². The average molecular weight is 495 g/mol. The number of benzene rings is 1. The Hall–Kier alpha value is -4.52. The van der Waals surface area contributed by atoms with Crippen molar-refractivity contribution in [2.45, 2.75) is 27.2 Å². The van der Waals surface area contributed by atoms with Crippen LogP contribution in [0.2, 0.25) is 0 Å². The van der Waals surface area contributed by atoms with E-state index in [1.165, 1.54) is 0 Å². The summed E-state index contributed by atoms with van der Waals surface area (Å²) in [5.74, 6) is 0.455. The molecule has 0 aliphatic heterocycles. The van der Waals surface area contributed by atoms with Crippen molar-refractivity contribution >= 4 is 16.9 Å². The van der Waals surface area contributed by atoms with Gasteiger partial charge in [0.15, 0.2) is 0 Å². The normalized spacial score (nSPS) is 11.5. The Morgan fingerprint density at radius 2 is 2.03 bits per heavy atom. The summed E-state index contributed by atoms with van der Waals surface area (Å²) >= 11 is 0. The molecule has 4 N–H and O–H groups in total. The zero-order chi connectivity index (χ0) is 26.5. The van der Waals surface area contributed by atoms with Crippen molar-refractivity contribution < 1.29 is 4.39 Å². The third-order valence-electron chi connectivity index (χ3n) is 6.09. The summed E-state index contributed by atoms with van der Waals surface area (Å²) in [6.45, 7) is 13.9. The molecular weight excluding hydrogens is 463 g/mol. The Morgan fingerprint density at radius 3 is 2.73 bits per heavy atom. The van der Waals surface area contributed by atoms with Gasteiger partial charge in [0, 0.05) is 58.2 Å². The molecule has 0 aliphatic carbocycles. The summed E-state index contributed by atoms with van der Waals surface area (Å²) < 4.78 is 15.9. The van der Waals surface area contributed by atoms with E-state index in [-0.39, 0.29) is 12.3 Å². The number of anilines is 2. The highest BCUT2D eigenvalue weighted by Gasteiger charge is 2.19. The largest absolute Gasteiger partial charge is 0.398 e. The lowest BCUT2D eigenvalue weighted by molar-refractivity contribution is 0.617. The zero-order valence-corrected chi connectivity index (χ0v) is 21.3. The molecule has 0 aliphatic rings. The van der Waals surface area contributed by atoms with Gasteiger partial charge in [-0.3, -0.25) is 9.97 Å². The lowest BCUT2D eigenvalue weighted by atomic mass is 9.99. The van der Waals surface area contributed by atoms with Crippen LogP contribution in [0.15, 0.2) is 86.0 Å². The van der Waals surface area contributed by atoms with E-state index in [2.05, 4.69) is 33.4 Å². The fraction of sp³-hybridized carbons (Fsp3) is 0.167. The lowest BCUT2D eigenvalue weighted by Crippen LogP contribution is -2.05. The van der Waals surface area contributed by atoms with Gasteiger partial charge in [0.2, 0.25) is 0 Å². The second-order valence-corrected chi connectivity index (χ2v) is 9.13. The first-order chi connectivity index (χ1) is 17.8. The van der Waals surface area contributed by atoms with Gasteiger partial charge in [0.05, 0.1) is 23.3 Å². The smallest absolute Gasteiger partial charge is 0.136 e. The van der Waals surface area contributed by atoms with Gasteiger partial charge in [-0.15, -0.1) is 0 Å². The highest BCUT2D eigenvalue weighted by molar-refractivity contribution is 5.78. The van der Waals surface area contributed by atoms with E-state index in [0.29, 0.717) is 28.2 Å².